The van der Waals surface area contributed by atoms with Crippen LogP contribution in [0.1, 0.15) is 0 Å². The summed E-state index contributed by atoms with van der Waals surface area (Å²) in [6.45, 7) is 2.17. The molecular formula is C6H10N2O2. The molecule has 4 nitrogen and oxygen atoms in total. The van der Waals surface area contributed by atoms with E-state index in [0.29, 0.717) is 6.54 Å². The SMILES string of the molecule is O=C1NC[C@@H]2OCCN[C@H]12. The maximum Gasteiger partial charge on any atom is 0.239 e. The fraction of sp³-hybridized carbons (Fsp3) is 0.833. The molecule has 2 fully saturated rings. The number of hydrogen-bond acceptors (Lipinski definition) is 3. The molecule has 4 heteroatoms. The molecule has 2 aliphatic heterocycles. The number of carbonyl (C=O) groups excluding carboxylic acids is 1. The first-order valence-corrected chi connectivity index (χ1v) is 3.50. The Morgan fingerprint density at radius 3 is 3.30 bits per heavy atom. The van der Waals surface area contributed by atoms with Crippen LogP contribution in [-0.4, -0.2) is 37.7 Å². The van der Waals surface area contributed by atoms with Crippen molar-refractivity contribution in [2.45, 2.75) is 12.1 Å². The zero-order valence-electron chi connectivity index (χ0n) is 5.59. The molecule has 0 aliphatic carbocycles. The van der Waals surface area contributed by atoms with Gasteiger partial charge in [0.05, 0.1) is 12.7 Å². The third kappa shape index (κ3) is 0.803. The lowest BCUT2D eigenvalue weighted by Gasteiger charge is -2.23. The van der Waals surface area contributed by atoms with Gasteiger partial charge < -0.3 is 15.4 Å². The quantitative estimate of drug-likeness (QED) is 0.431. The average molecular weight is 142 g/mol. The molecule has 0 spiro atoms. The van der Waals surface area contributed by atoms with Crippen LogP contribution in [0.3, 0.4) is 0 Å². The molecule has 56 valence electrons. The van der Waals surface area contributed by atoms with Crippen molar-refractivity contribution in [1.29, 1.82) is 0 Å². The Balaban J connectivity index is 2.08. The molecule has 10 heavy (non-hydrogen) atoms. The lowest BCUT2D eigenvalue weighted by atomic mass is 10.2. The minimum Gasteiger partial charge on any atom is -0.373 e. The third-order valence-corrected chi connectivity index (χ3v) is 1.93. The van der Waals surface area contributed by atoms with Gasteiger partial charge in [0.15, 0.2) is 0 Å². The Kier molecular flexibility index (Phi) is 1.35. The Morgan fingerprint density at radius 1 is 1.60 bits per heavy atom. The molecule has 0 aromatic heterocycles. The molecule has 2 rings (SSSR count). The lowest BCUT2D eigenvalue weighted by molar-refractivity contribution is -0.123. The van der Waals surface area contributed by atoms with Gasteiger partial charge in [0.1, 0.15) is 6.04 Å². The van der Waals surface area contributed by atoms with Gasteiger partial charge in [0.25, 0.3) is 0 Å². The van der Waals surface area contributed by atoms with E-state index in [2.05, 4.69) is 10.6 Å². The predicted molar refractivity (Wildman–Crippen MR) is 34.5 cm³/mol. The number of hydrogen-bond donors (Lipinski definition) is 2. The molecule has 0 radical (unpaired) electrons. The van der Waals surface area contributed by atoms with E-state index in [0.717, 1.165) is 13.2 Å². The molecule has 0 bridgehead atoms. The van der Waals surface area contributed by atoms with E-state index >= 15 is 0 Å². The van der Waals surface area contributed by atoms with Gasteiger partial charge in [-0.3, -0.25) is 4.79 Å². The van der Waals surface area contributed by atoms with Gasteiger partial charge in [-0.25, -0.2) is 0 Å². The molecule has 0 aromatic rings. The fourth-order valence-electron chi connectivity index (χ4n) is 1.40. The molecule has 0 aromatic carbocycles. The van der Waals surface area contributed by atoms with Crippen molar-refractivity contribution in [3.05, 3.63) is 0 Å². The Labute approximate surface area is 58.9 Å². The second-order valence-electron chi connectivity index (χ2n) is 2.59. The summed E-state index contributed by atoms with van der Waals surface area (Å²) in [7, 11) is 0. The minimum absolute atomic E-state index is 0.0706. The van der Waals surface area contributed by atoms with Crippen molar-refractivity contribution in [2.75, 3.05) is 19.7 Å². The van der Waals surface area contributed by atoms with E-state index in [-0.39, 0.29) is 18.1 Å². The molecule has 2 aliphatic rings. The van der Waals surface area contributed by atoms with Gasteiger partial charge in [-0.15, -0.1) is 0 Å². The van der Waals surface area contributed by atoms with E-state index in [4.69, 9.17) is 4.74 Å². The molecule has 2 N–H and O–H groups in total. The highest BCUT2D eigenvalue weighted by atomic mass is 16.5. The number of morpholine rings is 1. The number of fused-ring (bicyclic) bond motifs is 1. The second kappa shape index (κ2) is 2.21. The second-order valence-corrected chi connectivity index (χ2v) is 2.59. The molecule has 2 heterocycles. The maximum absolute atomic E-state index is 11.0. The first-order chi connectivity index (χ1) is 4.88. The van der Waals surface area contributed by atoms with Crippen LogP contribution in [-0.2, 0) is 9.53 Å². The zero-order chi connectivity index (χ0) is 6.97. The van der Waals surface area contributed by atoms with Gasteiger partial charge in [-0.05, 0) is 0 Å². The van der Waals surface area contributed by atoms with Crippen molar-refractivity contribution >= 4 is 5.91 Å². The lowest BCUT2D eigenvalue weighted by Crippen LogP contribution is -2.49. The first kappa shape index (κ1) is 6.12. The first-order valence-electron chi connectivity index (χ1n) is 3.50. The summed E-state index contributed by atoms with van der Waals surface area (Å²) in [6.07, 6.45) is 0.0706. The maximum atomic E-state index is 11.0. The molecule has 0 unspecified atom stereocenters. The number of rotatable bonds is 0. The Bertz CT molecular complexity index is 160. The predicted octanol–water partition coefficient (Wildman–Crippen LogP) is -1.53. The van der Waals surface area contributed by atoms with Crippen LogP contribution in [0.4, 0.5) is 0 Å². The van der Waals surface area contributed by atoms with Crippen molar-refractivity contribution in [2.24, 2.45) is 0 Å². The van der Waals surface area contributed by atoms with Crippen molar-refractivity contribution < 1.29 is 9.53 Å². The molecule has 0 saturated carbocycles. The highest BCUT2D eigenvalue weighted by Crippen LogP contribution is 2.08. The van der Waals surface area contributed by atoms with Crippen LogP contribution in [0, 0.1) is 0 Å². The van der Waals surface area contributed by atoms with E-state index in [9.17, 15) is 4.79 Å². The molecule has 2 saturated heterocycles. The monoisotopic (exact) mass is 142 g/mol. The summed E-state index contributed by atoms with van der Waals surface area (Å²) in [5.41, 5.74) is 0. The zero-order valence-corrected chi connectivity index (χ0v) is 5.59. The van der Waals surface area contributed by atoms with Gasteiger partial charge in [0, 0.05) is 13.1 Å². The summed E-state index contributed by atoms with van der Waals surface area (Å²) in [6, 6.07) is -0.0891. The minimum atomic E-state index is -0.0891. The summed E-state index contributed by atoms with van der Waals surface area (Å²) in [4.78, 5) is 11.0. The Morgan fingerprint density at radius 2 is 2.50 bits per heavy atom. The molecule has 2 atom stereocenters. The van der Waals surface area contributed by atoms with E-state index in [1.54, 1.807) is 0 Å². The largest absolute Gasteiger partial charge is 0.373 e. The number of amides is 1. The van der Waals surface area contributed by atoms with Crippen LogP contribution in [0.25, 0.3) is 0 Å². The van der Waals surface area contributed by atoms with Crippen LogP contribution < -0.4 is 10.6 Å². The summed E-state index contributed by atoms with van der Waals surface area (Å²) >= 11 is 0. The van der Waals surface area contributed by atoms with Gasteiger partial charge in [-0.2, -0.15) is 0 Å². The van der Waals surface area contributed by atoms with Crippen LogP contribution in [0.5, 0.6) is 0 Å². The van der Waals surface area contributed by atoms with E-state index in [1.807, 2.05) is 0 Å². The van der Waals surface area contributed by atoms with Gasteiger partial charge in [0.2, 0.25) is 5.91 Å². The number of ether oxygens (including phenoxy) is 1. The van der Waals surface area contributed by atoms with E-state index < -0.39 is 0 Å². The number of nitrogens with one attached hydrogen (secondary N) is 2. The Hall–Kier alpha value is -0.610. The van der Waals surface area contributed by atoms with Crippen LogP contribution in [0.15, 0.2) is 0 Å². The third-order valence-electron chi connectivity index (χ3n) is 1.93. The van der Waals surface area contributed by atoms with Crippen LogP contribution >= 0.6 is 0 Å². The highest BCUT2D eigenvalue weighted by molar-refractivity contribution is 5.84. The van der Waals surface area contributed by atoms with E-state index in [1.165, 1.54) is 0 Å². The van der Waals surface area contributed by atoms with Crippen molar-refractivity contribution in [3.8, 4) is 0 Å². The standard InChI is InChI=1S/C6H10N2O2/c9-6-5-4(3-8-6)10-2-1-7-5/h4-5,7H,1-3H2,(H,8,9)/t4-,5-/m0/s1. The highest BCUT2D eigenvalue weighted by Gasteiger charge is 2.36. The van der Waals surface area contributed by atoms with Gasteiger partial charge in [-0.1, -0.05) is 0 Å². The van der Waals surface area contributed by atoms with Gasteiger partial charge >= 0.3 is 0 Å². The fourth-order valence-corrected chi connectivity index (χ4v) is 1.40. The van der Waals surface area contributed by atoms with Crippen LogP contribution in [0.2, 0.25) is 0 Å². The summed E-state index contributed by atoms with van der Waals surface area (Å²) in [5.74, 6) is 0.0738. The summed E-state index contributed by atoms with van der Waals surface area (Å²) in [5, 5.41) is 5.83. The molecule has 1 amide bonds. The number of carbonyl (C=O) groups is 1. The average Bonchev–Trinajstić information content (AvgIpc) is 2.34. The van der Waals surface area contributed by atoms with Crippen molar-refractivity contribution in [3.63, 3.8) is 0 Å². The molecular weight excluding hydrogens is 132 g/mol. The smallest absolute Gasteiger partial charge is 0.239 e. The van der Waals surface area contributed by atoms with Crippen molar-refractivity contribution in [1.82, 2.24) is 10.6 Å². The topological polar surface area (TPSA) is 50.4 Å². The summed E-state index contributed by atoms with van der Waals surface area (Å²) < 4.78 is 5.33. The normalized spacial score (nSPS) is 39.0.